The van der Waals surface area contributed by atoms with Crippen LogP contribution in [-0.4, -0.2) is 73.5 Å². The second kappa shape index (κ2) is 16.7. The van der Waals surface area contributed by atoms with Crippen molar-refractivity contribution in [2.24, 2.45) is 5.92 Å². The Hall–Kier alpha value is -4.77. The molecule has 1 aliphatic heterocycles. The SMILES string of the molecule is CC(C)C[C@@H]1NC(=O)C[C@@H](C(=O)N[C@H](C)COc2ccccc2Oc2ccc(Cl)cc2)NC(=O)c2ccccc2OCCN(C)C1=O. The highest BCUT2D eigenvalue weighted by atomic mass is 35.5. The van der Waals surface area contributed by atoms with Crippen molar-refractivity contribution in [3.8, 4) is 23.0 Å². The Bertz CT molecular complexity index is 1550. The molecule has 0 aromatic heterocycles. The summed E-state index contributed by atoms with van der Waals surface area (Å²) in [6, 6.07) is 18.0. The summed E-state index contributed by atoms with van der Waals surface area (Å²) < 4.78 is 17.8. The van der Waals surface area contributed by atoms with Crippen molar-refractivity contribution in [1.82, 2.24) is 20.9 Å². The number of rotatable bonds is 9. The molecule has 4 rings (SSSR count). The Balaban J connectivity index is 1.49. The number of halogens is 1. The molecule has 0 unspecified atom stereocenters. The lowest BCUT2D eigenvalue weighted by molar-refractivity contribution is -0.136. The monoisotopic (exact) mass is 664 g/mol. The average molecular weight is 665 g/mol. The number of carbonyl (C=O) groups is 4. The lowest BCUT2D eigenvalue weighted by Gasteiger charge is -2.27. The number of para-hydroxylation sites is 3. The minimum absolute atomic E-state index is 0.0631. The summed E-state index contributed by atoms with van der Waals surface area (Å²) in [6.45, 7) is 6.08. The molecule has 12 heteroatoms. The van der Waals surface area contributed by atoms with Crippen LogP contribution in [0.2, 0.25) is 5.02 Å². The van der Waals surface area contributed by atoms with E-state index in [0.29, 0.717) is 34.4 Å². The molecule has 250 valence electrons. The van der Waals surface area contributed by atoms with E-state index in [2.05, 4.69) is 16.0 Å². The molecule has 3 aromatic carbocycles. The van der Waals surface area contributed by atoms with Gasteiger partial charge in [-0.1, -0.05) is 49.7 Å². The van der Waals surface area contributed by atoms with E-state index in [4.69, 9.17) is 25.8 Å². The predicted octanol–water partition coefficient (Wildman–Crippen LogP) is 4.59. The maximum atomic E-state index is 13.6. The molecule has 0 bridgehead atoms. The fourth-order valence-corrected chi connectivity index (χ4v) is 5.03. The van der Waals surface area contributed by atoms with Crippen LogP contribution < -0.4 is 30.2 Å². The lowest BCUT2D eigenvalue weighted by atomic mass is 10.0. The van der Waals surface area contributed by atoms with Crippen LogP contribution in [0.4, 0.5) is 0 Å². The normalized spacial score (nSPS) is 18.2. The third-order valence-electron chi connectivity index (χ3n) is 7.31. The highest BCUT2D eigenvalue weighted by molar-refractivity contribution is 6.30. The van der Waals surface area contributed by atoms with Gasteiger partial charge in [-0.3, -0.25) is 19.2 Å². The van der Waals surface area contributed by atoms with Crippen molar-refractivity contribution in [3.05, 3.63) is 83.4 Å². The Kier molecular flexibility index (Phi) is 12.5. The van der Waals surface area contributed by atoms with Crippen LogP contribution in [0.15, 0.2) is 72.8 Å². The molecule has 11 nitrogen and oxygen atoms in total. The topological polar surface area (TPSA) is 135 Å². The summed E-state index contributed by atoms with van der Waals surface area (Å²) in [5.41, 5.74) is 0.197. The van der Waals surface area contributed by atoms with Crippen molar-refractivity contribution in [3.63, 3.8) is 0 Å². The average Bonchev–Trinajstić information content (AvgIpc) is 3.04. The molecule has 1 aliphatic rings. The first kappa shape index (κ1) is 35.1. The molecule has 0 fully saturated rings. The summed E-state index contributed by atoms with van der Waals surface area (Å²) in [7, 11) is 1.64. The van der Waals surface area contributed by atoms with Gasteiger partial charge in [-0.25, -0.2) is 0 Å². The fourth-order valence-electron chi connectivity index (χ4n) is 4.91. The number of hydrogen-bond acceptors (Lipinski definition) is 7. The van der Waals surface area contributed by atoms with Crippen molar-refractivity contribution in [2.75, 3.05) is 26.8 Å². The minimum atomic E-state index is -1.26. The summed E-state index contributed by atoms with van der Waals surface area (Å²) >= 11 is 5.98. The molecule has 0 saturated carbocycles. The first-order valence-electron chi connectivity index (χ1n) is 15.5. The highest BCUT2D eigenvalue weighted by Crippen LogP contribution is 2.32. The smallest absolute Gasteiger partial charge is 0.255 e. The van der Waals surface area contributed by atoms with Crippen LogP contribution in [-0.2, 0) is 14.4 Å². The van der Waals surface area contributed by atoms with E-state index >= 15 is 0 Å². The third kappa shape index (κ3) is 10.4. The number of likely N-dealkylation sites (N-methyl/N-ethyl adjacent to an activating group) is 1. The number of benzene rings is 3. The maximum absolute atomic E-state index is 13.6. The Morgan fingerprint density at radius 1 is 0.979 bits per heavy atom. The number of ether oxygens (including phenoxy) is 3. The van der Waals surface area contributed by atoms with Gasteiger partial charge in [-0.2, -0.15) is 0 Å². The van der Waals surface area contributed by atoms with E-state index in [-0.39, 0.29) is 37.1 Å². The summed E-state index contributed by atoms with van der Waals surface area (Å²) in [5.74, 6) is -0.0699. The molecule has 47 heavy (non-hydrogen) atoms. The predicted molar refractivity (Wildman–Crippen MR) is 178 cm³/mol. The maximum Gasteiger partial charge on any atom is 0.255 e. The molecular weight excluding hydrogens is 624 g/mol. The lowest BCUT2D eigenvalue weighted by Crippen LogP contribution is -2.54. The summed E-state index contributed by atoms with van der Waals surface area (Å²) in [5, 5.41) is 8.90. The van der Waals surface area contributed by atoms with E-state index in [1.54, 1.807) is 80.7 Å². The van der Waals surface area contributed by atoms with Gasteiger partial charge in [-0.15, -0.1) is 0 Å². The molecule has 3 aromatic rings. The van der Waals surface area contributed by atoms with Crippen LogP contribution in [0.5, 0.6) is 23.0 Å². The Morgan fingerprint density at radius 2 is 1.66 bits per heavy atom. The first-order chi connectivity index (χ1) is 22.5. The first-order valence-corrected chi connectivity index (χ1v) is 15.9. The van der Waals surface area contributed by atoms with Crippen molar-refractivity contribution < 1.29 is 33.4 Å². The van der Waals surface area contributed by atoms with Gasteiger partial charge in [0.1, 0.15) is 36.8 Å². The number of amides is 4. The van der Waals surface area contributed by atoms with Crippen molar-refractivity contribution >= 4 is 35.2 Å². The number of nitrogens with one attached hydrogen (secondary N) is 3. The molecule has 4 amide bonds. The quantitative estimate of drug-likeness (QED) is 0.305. The van der Waals surface area contributed by atoms with Crippen LogP contribution in [0.3, 0.4) is 0 Å². The third-order valence-corrected chi connectivity index (χ3v) is 7.56. The molecule has 0 aliphatic carbocycles. The number of nitrogens with zero attached hydrogens (tertiary/aromatic N) is 1. The molecule has 0 spiro atoms. The number of fused-ring (bicyclic) bond motifs is 1. The minimum Gasteiger partial charge on any atom is -0.491 e. The molecular formula is C35H41ClN4O7. The van der Waals surface area contributed by atoms with Crippen LogP contribution >= 0.6 is 11.6 Å². The molecule has 3 N–H and O–H groups in total. The summed E-state index contributed by atoms with van der Waals surface area (Å²) in [6.07, 6.45) is 0.0108. The zero-order valence-corrected chi connectivity index (χ0v) is 27.7. The zero-order chi connectivity index (χ0) is 33.9. The van der Waals surface area contributed by atoms with Crippen molar-refractivity contribution in [2.45, 2.75) is 51.7 Å². The second-order valence-electron chi connectivity index (χ2n) is 11.8. The van der Waals surface area contributed by atoms with Gasteiger partial charge in [-0.05, 0) is 67.8 Å². The van der Waals surface area contributed by atoms with Gasteiger partial charge in [0.05, 0.1) is 24.6 Å². The summed E-state index contributed by atoms with van der Waals surface area (Å²) in [4.78, 5) is 55.0. The van der Waals surface area contributed by atoms with Gasteiger partial charge in [0.15, 0.2) is 11.5 Å². The zero-order valence-electron chi connectivity index (χ0n) is 27.0. The molecule has 3 atom stereocenters. The molecule has 0 saturated heterocycles. The van der Waals surface area contributed by atoms with Crippen LogP contribution in [0.1, 0.15) is 44.0 Å². The fraction of sp³-hybridized carbons (Fsp3) is 0.371. The van der Waals surface area contributed by atoms with Gasteiger partial charge in [0.25, 0.3) is 5.91 Å². The molecule has 1 heterocycles. The van der Waals surface area contributed by atoms with E-state index in [9.17, 15) is 19.2 Å². The van der Waals surface area contributed by atoms with E-state index < -0.39 is 42.3 Å². The highest BCUT2D eigenvalue weighted by Gasteiger charge is 2.30. The van der Waals surface area contributed by atoms with Crippen LogP contribution in [0, 0.1) is 5.92 Å². The van der Waals surface area contributed by atoms with E-state index in [0.717, 1.165) is 0 Å². The molecule has 0 radical (unpaired) electrons. The van der Waals surface area contributed by atoms with Gasteiger partial charge in [0, 0.05) is 12.1 Å². The number of carbonyl (C=O) groups excluding carboxylic acids is 4. The van der Waals surface area contributed by atoms with Gasteiger partial charge < -0.3 is 35.1 Å². The van der Waals surface area contributed by atoms with Crippen molar-refractivity contribution in [1.29, 1.82) is 0 Å². The number of hydrogen-bond donors (Lipinski definition) is 3. The van der Waals surface area contributed by atoms with E-state index in [1.165, 1.54) is 4.90 Å². The van der Waals surface area contributed by atoms with Gasteiger partial charge >= 0.3 is 0 Å². The van der Waals surface area contributed by atoms with Gasteiger partial charge in [0.2, 0.25) is 17.7 Å². The van der Waals surface area contributed by atoms with Crippen LogP contribution in [0.25, 0.3) is 0 Å². The second-order valence-corrected chi connectivity index (χ2v) is 12.2. The standard InChI is InChI=1S/C35H41ClN4O7/c1-22(2)19-28-35(44)40(4)17-18-45-29-10-6-5-9-26(29)33(42)39-27(20-32(41)38-28)34(43)37-23(3)21-46-30-11-7-8-12-31(30)47-25-15-13-24(36)14-16-25/h5-16,22-23,27-28H,17-21H2,1-4H3,(H,37,43)(H,38,41)(H,39,42)/t23-,27+,28+/m1/s1. The largest absolute Gasteiger partial charge is 0.491 e. The Labute approximate surface area is 279 Å². The van der Waals surface area contributed by atoms with E-state index in [1.807, 2.05) is 19.9 Å². The Morgan fingerprint density at radius 3 is 2.38 bits per heavy atom.